The molecule has 0 aliphatic carbocycles. The van der Waals surface area contributed by atoms with Crippen LogP contribution in [0.25, 0.3) is 0 Å². The summed E-state index contributed by atoms with van der Waals surface area (Å²) in [5.74, 6) is -0.0645. The number of aliphatic hydroxyl groups excluding tert-OH is 2. The number of unbranched alkanes of at least 4 members (excludes halogenated alkanes) is 34. The Morgan fingerprint density at radius 2 is 0.745 bits per heavy atom. The molecular formula is C51H97NO3. The van der Waals surface area contributed by atoms with E-state index in [1.54, 1.807) is 6.08 Å². The van der Waals surface area contributed by atoms with E-state index in [0.29, 0.717) is 6.42 Å². The van der Waals surface area contributed by atoms with E-state index >= 15 is 0 Å². The summed E-state index contributed by atoms with van der Waals surface area (Å²) in [5.41, 5.74) is 0. The number of carbonyl (C=O) groups is 1. The molecule has 0 heterocycles. The molecule has 324 valence electrons. The highest BCUT2D eigenvalue weighted by molar-refractivity contribution is 5.76. The van der Waals surface area contributed by atoms with Crippen molar-refractivity contribution in [1.29, 1.82) is 0 Å². The van der Waals surface area contributed by atoms with Crippen molar-refractivity contribution in [2.45, 2.75) is 276 Å². The number of nitrogens with one attached hydrogen (secondary N) is 1. The molecule has 0 radical (unpaired) electrons. The summed E-state index contributed by atoms with van der Waals surface area (Å²) in [6, 6.07) is -0.622. The molecule has 4 heteroatoms. The maximum Gasteiger partial charge on any atom is 0.220 e. The van der Waals surface area contributed by atoms with Crippen LogP contribution in [-0.2, 0) is 4.79 Å². The van der Waals surface area contributed by atoms with Crippen LogP contribution in [0.5, 0.6) is 0 Å². The Morgan fingerprint density at radius 1 is 0.436 bits per heavy atom. The van der Waals surface area contributed by atoms with Crippen molar-refractivity contribution in [1.82, 2.24) is 5.32 Å². The minimum atomic E-state index is -0.839. The van der Waals surface area contributed by atoms with Gasteiger partial charge >= 0.3 is 0 Å². The Bertz CT molecular complexity index is 836. The monoisotopic (exact) mass is 772 g/mol. The minimum Gasteiger partial charge on any atom is -0.394 e. The van der Waals surface area contributed by atoms with Crippen molar-refractivity contribution in [3.8, 4) is 0 Å². The van der Waals surface area contributed by atoms with Gasteiger partial charge < -0.3 is 15.5 Å². The molecule has 0 saturated heterocycles. The second-order valence-electron chi connectivity index (χ2n) is 16.9. The summed E-state index contributed by atoms with van der Waals surface area (Å²) >= 11 is 0. The van der Waals surface area contributed by atoms with Gasteiger partial charge in [-0.15, -0.1) is 0 Å². The third-order valence-corrected chi connectivity index (χ3v) is 11.4. The predicted molar refractivity (Wildman–Crippen MR) is 244 cm³/mol. The number of allylic oxidation sites excluding steroid dienone is 5. The lowest BCUT2D eigenvalue weighted by Gasteiger charge is -2.20. The van der Waals surface area contributed by atoms with Crippen LogP contribution in [0.1, 0.15) is 264 Å². The van der Waals surface area contributed by atoms with Gasteiger partial charge in [-0.1, -0.05) is 243 Å². The van der Waals surface area contributed by atoms with Crippen LogP contribution < -0.4 is 5.32 Å². The highest BCUT2D eigenvalue weighted by Gasteiger charge is 2.18. The van der Waals surface area contributed by atoms with Gasteiger partial charge in [0, 0.05) is 6.42 Å². The fourth-order valence-corrected chi connectivity index (χ4v) is 7.56. The minimum absolute atomic E-state index is 0.0645. The molecule has 0 bridgehead atoms. The smallest absolute Gasteiger partial charge is 0.220 e. The molecule has 0 aromatic heterocycles. The van der Waals surface area contributed by atoms with Crippen LogP contribution in [0.2, 0.25) is 0 Å². The number of hydrogen-bond donors (Lipinski definition) is 3. The lowest BCUT2D eigenvalue weighted by molar-refractivity contribution is -0.123. The molecular weight excluding hydrogens is 675 g/mol. The highest BCUT2D eigenvalue weighted by atomic mass is 16.3. The summed E-state index contributed by atoms with van der Waals surface area (Å²) in [6.07, 6.45) is 62.7. The molecule has 3 N–H and O–H groups in total. The molecule has 0 aliphatic rings. The predicted octanol–water partition coefficient (Wildman–Crippen LogP) is 15.7. The second-order valence-corrected chi connectivity index (χ2v) is 16.9. The number of carbonyl (C=O) groups excluding carboxylic acids is 1. The van der Waals surface area contributed by atoms with E-state index in [0.717, 1.165) is 32.1 Å². The lowest BCUT2D eigenvalue weighted by atomic mass is 10.0. The number of aliphatic hydroxyl groups is 2. The lowest BCUT2D eigenvalue weighted by Crippen LogP contribution is -2.45. The highest BCUT2D eigenvalue weighted by Crippen LogP contribution is 2.16. The zero-order valence-corrected chi connectivity index (χ0v) is 37.2. The van der Waals surface area contributed by atoms with Crippen molar-refractivity contribution >= 4 is 5.91 Å². The van der Waals surface area contributed by atoms with Gasteiger partial charge in [0.1, 0.15) is 0 Å². The summed E-state index contributed by atoms with van der Waals surface area (Å²) in [5, 5.41) is 23.1. The summed E-state index contributed by atoms with van der Waals surface area (Å²) in [4.78, 5) is 12.4. The number of amides is 1. The van der Waals surface area contributed by atoms with Crippen LogP contribution in [-0.4, -0.2) is 34.9 Å². The van der Waals surface area contributed by atoms with Crippen molar-refractivity contribution < 1.29 is 15.0 Å². The first kappa shape index (κ1) is 53.6. The van der Waals surface area contributed by atoms with E-state index in [4.69, 9.17) is 0 Å². The molecule has 0 rings (SSSR count). The van der Waals surface area contributed by atoms with Crippen LogP contribution in [0.4, 0.5) is 0 Å². The van der Waals surface area contributed by atoms with Crippen LogP contribution in [0, 0.1) is 0 Å². The fraction of sp³-hybridized carbons (Fsp3) is 0.863. The quantitative estimate of drug-likeness (QED) is 0.0426. The molecule has 0 spiro atoms. The van der Waals surface area contributed by atoms with E-state index in [2.05, 4.69) is 43.5 Å². The van der Waals surface area contributed by atoms with E-state index in [-0.39, 0.29) is 12.5 Å². The van der Waals surface area contributed by atoms with Crippen molar-refractivity contribution in [3.63, 3.8) is 0 Å². The van der Waals surface area contributed by atoms with Crippen LogP contribution >= 0.6 is 0 Å². The molecule has 0 saturated carbocycles. The first-order valence-corrected chi connectivity index (χ1v) is 24.7. The molecule has 0 aliphatic heterocycles. The van der Waals surface area contributed by atoms with Crippen LogP contribution in [0.15, 0.2) is 36.5 Å². The van der Waals surface area contributed by atoms with E-state index in [1.807, 2.05) is 6.08 Å². The molecule has 0 aromatic carbocycles. The van der Waals surface area contributed by atoms with Gasteiger partial charge in [-0.25, -0.2) is 0 Å². The zero-order valence-electron chi connectivity index (χ0n) is 37.2. The maximum absolute atomic E-state index is 12.4. The number of rotatable bonds is 45. The van der Waals surface area contributed by atoms with Gasteiger partial charge in [0.2, 0.25) is 5.91 Å². The first-order chi connectivity index (χ1) is 27.2. The Balaban J connectivity index is 3.52. The normalized spacial score (nSPS) is 13.2. The van der Waals surface area contributed by atoms with Crippen LogP contribution in [0.3, 0.4) is 0 Å². The molecule has 0 fully saturated rings. The van der Waals surface area contributed by atoms with Gasteiger partial charge in [-0.05, 0) is 51.4 Å². The molecule has 1 amide bonds. The third-order valence-electron chi connectivity index (χ3n) is 11.4. The van der Waals surface area contributed by atoms with Crippen molar-refractivity contribution in [2.24, 2.45) is 0 Å². The third kappa shape index (κ3) is 43.6. The topological polar surface area (TPSA) is 69.6 Å². The standard InChI is InChI=1S/C51H97NO3/c1-3-5-7-9-11-13-15-17-19-21-22-23-24-25-26-27-28-29-30-31-33-35-37-39-41-43-45-47-51(55)52-49(48-53)50(54)46-44-42-40-38-36-34-32-20-18-16-14-12-10-8-6-4-2/h22-23,25-26,44,46,49-50,53-54H,3-21,24,27-43,45,47-48H2,1-2H3,(H,52,55)/b23-22-,26-25-,46-44+. The maximum atomic E-state index is 12.4. The van der Waals surface area contributed by atoms with E-state index < -0.39 is 12.1 Å². The summed E-state index contributed by atoms with van der Waals surface area (Å²) < 4.78 is 0. The van der Waals surface area contributed by atoms with Gasteiger partial charge in [-0.2, -0.15) is 0 Å². The Hall–Kier alpha value is -1.39. The van der Waals surface area contributed by atoms with Crippen molar-refractivity contribution in [2.75, 3.05) is 6.61 Å². The molecule has 0 aromatic rings. The van der Waals surface area contributed by atoms with Gasteiger partial charge in [-0.3, -0.25) is 4.79 Å². The second kappa shape index (κ2) is 47.0. The van der Waals surface area contributed by atoms with Gasteiger partial charge in [0.05, 0.1) is 18.8 Å². The average molecular weight is 772 g/mol. The summed E-state index contributed by atoms with van der Waals surface area (Å²) in [7, 11) is 0. The Labute approximate surface area is 344 Å². The summed E-state index contributed by atoms with van der Waals surface area (Å²) in [6.45, 7) is 4.32. The van der Waals surface area contributed by atoms with Crippen molar-refractivity contribution in [3.05, 3.63) is 36.5 Å². The SMILES string of the molecule is CCCCCCCCCCC/C=C\C/C=C\CCCCCCCCCCCCCC(=O)NC(CO)C(O)/C=C/CCCCCCCCCCCCCCCC. The molecule has 2 unspecified atom stereocenters. The largest absolute Gasteiger partial charge is 0.394 e. The number of hydrogen-bond acceptors (Lipinski definition) is 3. The Kier molecular flexibility index (Phi) is 45.8. The molecule has 2 atom stereocenters. The van der Waals surface area contributed by atoms with Gasteiger partial charge in [0.15, 0.2) is 0 Å². The molecule has 4 nitrogen and oxygen atoms in total. The van der Waals surface area contributed by atoms with Gasteiger partial charge in [0.25, 0.3) is 0 Å². The average Bonchev–Trinajstić information content (AvgIpc) is 3.19. The first-order valence-electron chi connectivity index (χ1n) is 24.7. The molecule has 55 heavy (non-hydrogen) atoms. The van der Waals surface area contributed by atoms with E-state index in [1.165, 1.54) is 212 Å². The van der Waals surface area contributed by atoms with E-state index in [9.17, 15) is 15.0 Å². The fourth-order valence-electron chi connectivity index (χ4n) is 7.56. The zero-order chi connectivity index (χ0) is 40.0. The Morgan fingerprint density at radius 3 is 1.09 bits per heavy atom.